The van der Waals surface area contributed by atoms with Crippen LogP contribution in [0.5, 0.6) is 0 Å². The van der Waals surface area contributed by atoms with Crippen LogP contribution in [0.15, 0.2) is 0 Å². The molecule has 0 aromatic heterocycles. The number of carbonyl (C=O) groups excluding carboxylic acids is 4. The van der Waals surface area contributed by atoms with E-state index in [-0.39, 0.29) is 25.7 Å². The number of hydrogen-bond acceptors (Lipinski definition) is 15. The third-order valence-electron chi connectivity index (χ3n) is 15.6. The zero-order valence-electron chi connectivity index (χ0n) is 55.3. The van der Waals surface area contributed by atoms with Crippen LogP contribution in [-0.4, -0.2) is 96.7 Å². The van der Waals surface area contributed by atoms with Gasteiger partial charge < -0.3 is 33.8 Å². The van der Waals surface area contributed by atoms with Gasteiger partial charge in [0.1, 0.15) is 19.3 Å². The van der Waals surface area contributed by atoms with Gasteiger partial charge in [0.25, 0.3) is 0 Å². The second-order valence-electron chi connectivity index (χ2n) is 24.2. The van der Waals surface area contributed by atoms with E-state index in [4.69, 9.17) is 37.0 Å². The largest absolute Gasteiger partial charge is 0.472 e. The van der Waals surface area contributed by atoms with E-state index >= 15 is 0 Å². The number of rotatable bonds is 68. The van der Waals surface area contributed by atoms with Crippen LogP contribution in [0.25, 0.3) is 0 Å². The van der Waals surface area contributed by atoms with Crippen LogP contribution >= 0.6 is 15.6 Å². The van der Waals surface area contributed by atoms with E-state index in [1.54, 1.807) is 0 Å². The quantitative estimate of drug-likeness (QED) is 0.0222. The predicted molar refractivity (Wildman–Crippen MR) is 345 cm³/mol. The summed E-state index contributed by atoms with van der Waals surface area (Å²) in [5, 5.41) is 10.6. The van der Waals surface area contributed by atoms with Crippen molar-refractivity contribution in [2.75, 3.05) is 39.6 Å². The van der Waals surface area contributed by atoms with Crippen LogP contribution in [0.3, 0.4) is 0 Å². The number of aliphatic hydroxyl groups is 1. The Morgan fingerprint density at radius 2 is 0.465 bits per heavy atom. The molecule has 2 unspecified atom stereocenters. The molecule has 0 aliphatic heterocycles. The number of esters is 4. The van der Waals surface area contributed by atoms with Crippen molar-refractivity contribution in [3.05, 3.63) is 0 Å². The number of unbranched alkanes of at least 4 members (excludes halogenated alkanes) is 42. The van der Waals surface area contributed by atoms with Crippen LogP contribution < -0.4 is 0 Å². The van der Waals surface area contributed by atoms with Crippen molar-refractivity contribution >= 4 is 39.5 Å². The SMILES string of the molecule is CCCCCCCCCCCCCCCCCCC(=O)O[C@H](COC(=O)CCCCCCCCCCCCC)COP(=O)(O)OC[C@@H](O)COP(=O)(O)OC[C@@H](COC(=O)CCCCCCCCCC)OC(=O)CCCCCCCCCCCCC. The summed E-state index contributed by atoms with van der Waals surface area (Å²) >= 11 is 0. The molecule has 86 heavy (non-hydrogen) atoms. The molecule has 0 radical (unpaired) electrons. The second-order valence-corrected chi connectivity index (χ2v) is 27.1. The van der Waals surface area contributed by atoms with E-state index in [1.807, 2.05) is 0 Å². The second kappa shape index (κ2) is 61.9. The van der Waals surface area contributed by atoms with Gasteiger partial charge in [-0.05, 0) is 25.7 Å². The first-order valence-corrected chi connectivity index (χ1v) is 38.3. The first-order chi connectivity index (χ1) is 41.7. The molecule has 0 heterocycles. The first-order valence-electron chi connectivity index (χ1n) is 35.3. The fourth-order valence-electron chi connectivity index (χ4n) is 10.2. The molecule has 510 valence electrons. The van der Waals surface area contributed by atoms with Gasteiger partial charge >= 0.3 is 39.5 Å². The summed E-state index contributed by atoms with van der Waals surface area (Å²) in [6.07, 6.45) is 48.5. The molecular weight excluding hydrogens is 1140 g/mol. The average Bonchev–Trinajstić information content (AvgIpc) is 3.66. The molecule has 0 amide bonds. The molecule has 0 aliphatic carbocycles. The number of phosphoric acid groups is 2. The third kappa shape index (κ3) is 60.9. The Hall–Kier alpha value is -1.94. The summed E-state index contributed by atoms with van der Waals surface area (Å²) in [5.74, 6) is -2.13. The number of phosphoric ester groups is 2. The van der Waals surface area contributed by atoms with E-state index in [2.05, 4.69) is 27.7 Å². The number of carbonyl (C=O) groups is 4. The molecule has 0 bridgehead atoms. The highest BCUT2D eigenvalue weighted by Crippen LogP contribution is 2.45. The lowest BCUT2D eigenvalue weighted by Gasteiger charge is -2.21. The van der Waals surface area contributed by atoms with Crippen molar-refractivity contribution in [2.24, 2.45) is 0 Å². The topological polar surface area (TPSA) is 237 Å². The minimum atomic E-state index is -4.95. The fraction of sp³-hybridized carbons (Fsp3) is 0.940. The molecule has 0 saturated heterocycles. The molecule has 0 fully saturated rings. The van der Waals surface area contributed by atoms with Crippen LogP contribution in [0, 0.1) is 0 Å². The summed E-state index contributed by atoms with van der Waals surface area (Å²) in [4.78, 5) is 72.3. The van der Waals surface area contributed by atoms with Gasteiger partial charge in [-0.1, -0.05) is 297 Å². The van der Waals surface area contributed by atoms with Gasteiger partial charge in [0.15, 0.2) is 12.2 Å². The van der Waals surface area contributed by atoms with E-state index in [9.17, 15) is 43.2 Å². The summed E-state index contributed by atoms with van der Waals surface area (Å²) in [6, 6.07) is 0. The van der Waals surface area contributed by atoms with E-state index in [0.29, 0.717) is 25.7 Å². The third-order valence-corrected chi connectivity index (χ3v) is 17.5. The number of hydrogen-bond donors (Lipinski definition) is 3. The van der Waals surface area contributed by atoms with Crippen molar-refractivity contribution in [3.8, 4) is 0 Å². The molecular formula is C67H130O17P2. The molecule has 0 saturated carbocycles. The van der Waals surface area contributed by atoms with Crippen LogP contribution in [0.1, 0.15) is 349 Å². The van der Waals surface area contributed by atoms with Gasteiger partial charge in [0.2, 0.25) is 0 Å². The van der Waals surface area contributed by atoms with Gasteiger partial charge in [0.05, 0.1) is 26.4 Å². The molecule has 0 spiro atoms. The van der Waals surface area contributed by atoms with Gasteiger partial charge in [-0.15, -0.1) is 0 Å². The van der Waals surface area contributed by atoms with Gasteiger partial charge in [-0.3, -0.25) is 37.3 Å². The highest BCUT2D eigenvalue weighted by atomic mass is 31.2. The van der Waals surface area contributed by atoms with E-state index in [1.165, 1.54) is 173 Å². The van der Waals surface area contributed by atoms with Crippen molar-refractivity contribution in [1.29, 1.82) is 0 Å². The van der Waals surface area contributed by atoms with Crippen LogP contribution in [0.2, 0.25) is 0 Å². The average molecular weight is 1270 g/mol. The molecule has 0 aromatic carbocycles. The molecule has 19 heteroatoms. The Morgan fingerprint density at radius 1 is 0.279 bits per heavy atom. The maximum atomic E-state index is 13.0. The van der Waals surface area contributed by atoms with Crippen molar-refractivity contribution < 1.29 is 80.2 Å². The molecule has 0 rings (SSSR count). The molecule has 0 aliphatic rings. The van der Waals surface area contributed by atoms with Crippen LogP contribution in [-0.2, 0) is 65.4 Å². The molecule has 5 atom stereocenters. The van der Waals surface area contributed by atoms with E-state index < -0.39 is 97.5 Å². The molecule has 0 aromatic rings. The first kappa shape index (κ1) is 84.1. The minimum Gasteiger partial charge on any atom is -0.462 e. The summed E-state index contributed by atoms with van der Waals surface area (Å²) < 4.78 is 68.1. The Bertz CT molecular complexity index is 1650. The summed E-state index contributed by atoms with van der Waals surface area (Å²) in [5.41, 5.74) is 0. The maximum Gasteiger partial charge on any atom is 0.472 e. The van der Waals surface area contributed by atoms with Gasteiger partial charge in [-0.25, -0.2) is 9.13 Å². The monoisotopic (exact) mass is 1270 g/mol. The highest BCUT2D eigenvalue weighted by molar-refractivity contribution is 7.47. The summed E-state index contributed by atoms with van der Waals surface area (Å²) in [6.45, 7) is 4.89. The van der Waals surface area contributed by atoms with Gasteiger partial charge in [0, 0.05) is 25.7 Å². The van der Waals surface area contributed by atoms with Crippen LogP contribution in [0.4, 0.5) is 0 Å². The Labute approximate surface area is 524 Å². The Kier molecular flexibility index (Phi) is 60.5. The maximum absolute atomic E-state index is 13.0. The lowest BCUT2D eigenvalue weighted by molar-refractivity contribution is -0.161. The van der Waals surface area contributed by atoms with Gasteiger partial charge in [-0.2, -0.15) is 0 Å². The van der Waals surface area contributed by atoms with Crippen molar-refractivity contribution in [2.45, 2.75) is 367 Å². The molecule has 17 nitrogen and oxygen atoms in total. The van der Waals surface area contributed by atoms with Crippen molar-refractivity contribution in [1.82, 2.24) is 0 Å². The minimum absolute atomic E-state index is 0.107. The summed E-state index contributed by atoms with van der Waals surface area (Å²) in [7, 11) is -9.89. The predicted octanol–water partition coefficient (Wildman–Crippen LogP) is 19.1. The standard InChI is InChI=1S/C67H130O17P2/c1-5-9-13-17-21-25-28-29-30-31-32-35-38-42-46-50-54-67(72)84-63(58-78-65(70)52-48-44-40-36-33-26-22-18-14-10-6-2)60-82-86(75,76)80-56-61(68)55-79-85(73,74)81-59-62(57-77-64(69)51-47-43-39-24-20-16-12-8-4)83-66(71)53-49-45-41-37-34-27-23-19-15-11-7-3/h61-63,68H,5-60H2,1-4H3,(H,73,74)(H,75,76)/t61-,62+,63+/m0/s1. The normalized spacial score (nSPS) is 14.1. The smallest absolute Gasteiger partial charge is 0.462 e. The number of aliphatic hydroxyl groups excluding tert-OH is 1. The lowest BCUT2D eigenvalue weighted by Crippen LogP contribution is -2.30. The number of ether oxygens (including phenoxy) is 4. The van der Waals surface area contributed by atoms with E-state index in [0.717, 1.165) is 96.3 Å². The Balaban J connectivity index is 5.20. The highest BCUT2D eigenvalue weighted by Gasteiger charge is 2.30. The van der Waals surface area contributed by atoms with Crippen molar-refractivity contribution in [3.63, 3.8) is 0 Å². The Morgan fingerprint density at radius 3 is 0.686 bits per heavy atom. The molecule has 3 N–H and O–H groups in total. The zero-order chi connectivity index (χ0) is 63.3. The fourth-order valence-corrected chi connectivity index (χ4v) is 11.7. The lowest BCUT2D eigenvalue weighted by atomic mass is 10.0. The zero-order valence-corrected chi connectivity index (χ0v) is 57.1.